The van der Waals surface area contributed by atoms with Crippen LogP contribution in [0.25, 0.3) is 0 Å². The van der Waals surface area contributed by atoms with E-state index in [-0.39, 0.29) is 6.04 Å². The summed E-state index contributed by atoms with van der Waals surface area (Å²) in [6.45, 7) is 4.53. The SMILES string of the molecule is CCCCC(N)CN1CCCS(=O)(=O)CC1. The van der Waals surface area contributed by atoms with Crippen molar-refractivity contribution in [1.29, 1.82) is 0 Å². The Balaban J connectivity index is 2.32. The normalized spacial score (nSPS) is 23.9. The Morgan fingerprint density at radius 1 is 1.31 bits per heavy atom. The van der Waals surface area contributed by atoms with E-state index in [9.17, 15) is 8.42 Å². The molecule has 1 atom stereocenters. The van der Waals surface area contributed by atoms with Crippen LogP contribution in [0.5, 0.6) is 0 Å². The highest BCUT2D eigenvalue weighted by Gasteiger charge is 2.20. The zero-order valence-electron chi connectivity index (χ0n) is 10.2. The first-order chi connectivity index (χ1) is 7.53. The quantitative estimate of drug-likeness (QED) is 0.775. The summed E-state index contributed by atoms with van der Waals surface area (Å²) < 4.78 is 22.8. The fourth-order valence-electron chi connectivity index (χ4n) is 2.06. The van der Waals surface area contributed by atoms with E-state index in [1.807, 2.05) is 0 Å². The Labute approximate surface area is 99.1 Å². The molecule has 0 aromatic carbocycles. The lowest BCUT2D eigenvalue weighted by atomic mass is 10.1. The molecule has 0 radical (unpaired) electrons. The van der Waals surface area contributed by atoms with Gasteiger partial charge in [0.2, 0.25) is 0 Å². The average Bonchev–Trinajstić information content (AvgIpc) is 2.37. The minimum atomic E-state index is -2.79. The smallest absolute Gasteiger partial charge is 0.151 e. The number of hydrogen-bond acceptors (Lipinski definition) is 4. The predicted molar refractivity (Wildman–Crippen MR) is 67.2 cm³/mol. The van der Waals surface area contributed by atoms with Gasteiger partial charge in [0.05, 0.1) is 11.5 Å². The summed E-state index contributed by atoms with van der Waals surface area (Å²) in [7, 11) is -2.79. The van der Waals surface area contributed by atoms with Crippen molar-refractivity contribution in [3.63, 3.8) is 0 Å². The lowest BCUT2D eigenvalue weighted by Crippen LogP contribution is -2.39. The Hall–Kier alpha value is -0.130. The topological polar surface area (TPSA) is 63.4 Å². The molecule has 1 heterocycles. The number of nitrogens with zero attached hydrogens (tertiary/aromatic N) is 1. The van der Waals surface area contributed by atoms with Crippen LogP contribution >= 0.6 is 0 Å². The largest absolute Gasteiger partial charge is 0.327 e. The Morgan fingerprint density at radius 2 is 2.06 bits per heavy atom. The van der Waals surface area contributed by atoms with Crippen molar-refractivity contribution in [3.8, 4) is 0 Å². The molecule has 0 saturated carbocycles. The van der Waals surface area contributed by atoms with Gasteiger partial charge in [-0.3, -0.25) is 0 Å². The molecule has 1 saturated heterocycles. The van der Waals surface area contributed by atoms with Crippen LogP contribution in [0.1, 0.15) is 32.6 Å². The van der Waals surface area contributed by atoms with Crippen molar-refractivity contribution in [3.05, 3.63) is 0 Å². The Morgan fingerprint density at radius 3 is 2.75 bits per heavy atom. The number of hydrogen-bond donors (Lipinski definition) is 1. The first kappa shape index (κ1) is 13.9. The third-order valence-electron chi connectivity index (χ3n) is 3.07. The average molecular weight is 248 g/mol. The van der Waals surface area contributed by atoms with Crippen molar-refractivity contribution < 1.29 is 8.42 Å². The zero-order chi connectivity index (χ0) is 12.0. The van der Waals surface area contributed by atoms with E-state index >= 15 is 0 Å². The van der Waals surface area contributed by atoms with Crippen LogP contribution in [0.4, 0.5) is 0 Å². The molecule has 1 fully saturated rings. The summed E-state index contributed by atoms with van der Waals surface area (Å²) >= 11 is 0. The van der Waals surface area contributed by atoms with Crippen LogP contribution in [-0.2, 0) is 9.84 Å². The van der Waals surface area contributed by atoms with Crippen molar-refractivity contribution >= 4 is 9.84 Å². The van der Waals surface area contributed by atoms with E-state index in [1.54, 1.807) is 0 Å². The van der Waals surface area contributed by atoms with Crippen molar-refractivity contribution in [2.75, 3.05) is 31.1 Å². The van der Waals surface area contributed by atoms with E-state index in [1.165, 1.54) is 6.42 Å². The minimum absolute atomic E-state index is 0.195. The zero-order valence-corrected chi connectivity index (χ0v) is 11.0. The van der Waals surface area contributed by atoms with Crippen LogP contribution in [-0.4, -0.2) is 50.5 Å². The number of sulfone groups is 1. The van der Waals surface area contributed by atoms with Crippen LogP contribution in [0.2, 0.25) is 0 Å². The first-order valence-electron chi connectivity index (χ1n) is 6.22. The predicted octanol–water partition coefficient (Wildman–Crippen LogP) is 0.624. The van der Waals surface area contributed by atoms with Gasteiger partial charge in [-0.25, -0.2) is 8.42 Å². The van der Waals surface area contributed by atoms with Crippen LogP contribution in [0, 0.1) is 0 Å². The molecule has 0 amide bonds. The molecule has 1 aliphatic rings. The van der Waals surface area contributed by atoms with Crippen molar-refractivity contribution in [2.45, 2.75) is 38.6 Å². The summed E-state index contributed by atoms with van der Waals surface area (Å²) in [5.74, 6) is 0.640. The Kier molecular flexibility index (Phi) is 5.72. The molecule has 0 aliphatic carbocycles. The number of nitrogens with two attached hydrogens (primary N) is 1. The molecule has 4 nitrogen and oxygen atoms in total. The lowest BCUT2D eigenvalue weighted by molar-refractivity contribution is 0.269. The third kappa shape index (κ3) is 5.27. The van der Waals surface area contributed by atoms with E-state index in [0.717, 1.165) is 32.4 Å². The van der Waals surface area contributed by atoms with Crippen molar-refractivity contribution in [2.24, 2.45) is 5.73 Å². The van der Waals surface area contributed by atoms with Gasteiger partial charge in [0.25, 0.3) is 0 Å². The van der Waals surface area contributed by atoms with Crippen LogP contribution in [0.15, 0.2) is 0 Å². The van der Waals surface area contributed by atoms with E-state index in [2.05, 4.69) is 11.8 Å². The van der Waals surface area contributed by atoms with Crippen molar-refractivity contribution in [1.82, 2.24) is 4.90 Å². The summed E-state index contributed by atoms with van der Waals surface area (Å²) in [4.78, 5) is 2.20. The second-order valence-electron chi connectivity index (χ2n) is 4.71. The number of rotatable bonds is 5. The molecule has 0 aromatic heterocycles. The molecule has 2 N–H and O–H groups in total. The molecular formula is C11H24N2O2S. The summed E-state index contributed by atoms with van der Waals surface area (Å²) in [5, 5.41) is 0. The molecule has 1 aliphatic heterocycles. The van der Waals surface area contributed by atoms with Gasteiger partial charge in [0.15, 0.2) is 9.84 Å². The minimum Gasteiger partial charge on any atom is -0.327 e. The highest BCUT2D eigenvalue weighted by atomic mass is 32.2. The molecule has 0 spiro atoms. The molecule has 5 heteroatoms. The fourth-order valence-corrected chi connectivity index (χ4v) is 3.37. The monoisotopic (exact) mass is 248 g/mol. The molecule has 1 rings (SSSR count). The molecule has 96 valence electrons. The van der Waals surface area contributed by atoms with Crippen LogP contribution < -0.4 is 5.73 Å². The van der Waals surface area contributed by atoms with Gasteiger partial charge in [0.1, 0.15) is 0 Å². The molecule has 16 heavy (non-hydrogen) atoms. The van der Waals surface area contributed by atoms with E-state index < -0.39 is 9.84 Å². The molecule has 0 bridgehead atoms. The third-order valence-corrected chi connectivity index (χ3v) is 4.78. The maximum absolute atomic E-state index is 11.4. The highest BCUT2D eigenvalue weighted by molar-refractivity contribution is 7.91. The highest BCUT2D eigenvalue weighted by Crippen LogP contribution is 2.07. The molecule has 1 unspecified atom stereocenters. The second-order valence-corrected chi connectivity index (χ2v) is 7.01. The maximum Gasteiger partial charge on any atom is 0.151 e. The van der Waals surface area contributed by atoms with Gasteiger partial charge in [-0.05, 0) is 19.4 Å². The summed E-state index contributed by atoms with van der Waals surface area (Å²) in [5.41, 5.74) is 6.02. The van der Waals surface area contributed by atoms with Gasteiger partial charge >= 0.3 is 0 Å². The standard InChI is InChI=1S/C11H24N2O2S/c1-2-3-5-11(12)10-13-6-4-8-16(14,15)9-7-13/h11H,2-10,12H2,1H3. The summed E-state index contributed by atoms with van der Waals surface area (Å²) in [6, 6.07) is 0.195. The second kappa shape index (κ2) is 6.57. The molecular weight excluding hydrogens is 224 g/mol. The van der Waals surface area contributed by atoms with Gasteiger partial charge in [-0.15, -0.1) is 0 Å². The van der Waals surface area contributed by atoms with Gasteiger partial charge in [0, 0.05) is 19.1 Å². The lowest BCUT2D eigenvalue weighted by Gasteiger charge is -2.23. The fraction of sp³-hybridized carbons (Fsp3) is 1.00. The first-order valence-corrected chi connectivity index (χ1v) is 8.04. The van der Waals surface area contributed by atoms with Gasteiger partial charge in [-0.1, -0.05) is 19.8 Å². The summed E-state index contributed by atoms with van der Waals surface area (Å²) in [6.07, 6.45) is 4.12. The number of unbranched alkanes of at least 4 members (excludes halogenated alkanes) is 1. The molecule has 0 aromatic rings. The van der Waals surface area contributed by atoms with Gasteiger partial charge in [-0.2, -0.15) is 0 Å². The maximum atomic E-state index is 11.4. The van der Waals surface area contributed by atoms with Gasteiger partial charge < -0.3 is 10.6 Å². The van der Waals surface area contributed by atoms with Crippen LogP contribution in [0.3, 0.4) is 0 Å². The van der Waals surface area contributed by atoms with E-state index in [0.29, 0.717) is 18.1 Å². The Bertz CT molecular complexity index is 290. The van der Waals surface area contributed by atoms with E-state index in [4.69, 9.17) is 5.73 Å².